The number of carbonyl (C=O) groups is 1. The minimum atomic E-state index is -0.595. The van der Waals surface area contributed by atoms with Crippen LogP contribution in [0.2, 0.25) is 0 Å². The Kier molecular flexibility index (Phi) is 4.11. The Morgan fingerprint density at radius 2 is 2.04 bits per heavy atom. The topological polar surface area (TPSA) is 96.6 Å². The summed E-state index contributed by atoms with van der Waals surface area (Å²) < 4.78 is 10.7. The number of fused-ring (bicyclic) bond motifs is 1. The van der Waals surface area contributed by atoms with Crippen molar-refractivity contribution in [3.63, 3.8) is 0 Å². The summed E-state index contributed by atoms with van der Waals surface area (Å²) in [7, 11) is 1.62. The first-order valence-corrected chi connectivity index (χ1v) is 6.91. The molecule has 2 aromatic carbocycles. The molecule has 0 atom stereocenters. The molecule has 0 aliphatic rings. The maximum absolute atomic E-state index is 11.4. The molecule has 118 valence electrons. The highest BCUT2D eigenvalue weighted by atomic mass is 16.5. The SMILES string of the molecule is COc1ccc(CNc2nc3cc(C(=O)NO)ccc3o2)cc1. The van der Waals surface area contributed by atoms with E-state index in [1.807, 2.05) is 24.3 Å². The third kappa shape index (κ3) is 3.24. The van der Waals surface area contributed by atoms with Crippen LogP contribution >= 0.6 is 0 Å². The Balaban J connectivity index is 1.73. The van der Waals surface area contributed by atoms with Crippen LogP contribution in [0, 0.1) is 0 Å². The van der Waals surface area contributed by atoms with Crippen LogP contribution in [0.25, 0.3) is 11.1 Å². The molecular weight excluding hydrogens is 298 g/mol. The van der Waals surface area contributed by atoms with Gasteiger partial charge in [0.25, 0.3) is 11.9 Å². The van der Waals surface area contributed by atoms with E-state index in [0.29, 0.717) is 29.2 Å². The van der Waals surface area contributed by atoms with Crippen LogP contribution in [0.15, 0.2) is 46.9 Å². The Morgan fingerprint density at radius 3 is 2.74 bits per heavy atom. The van der Waals surface area contributed by atoms with Gasteiger partial charge in [-0.05, 0) is 35.9 Å². The van der Waals surface area contributed by atoms with Gasteiger partial charge < -0.3 is 14.5 Å². The minimum Gasteiger partial charge on any atom is -0.497 e. The molecular formula is C16H15N3O4. The molecule has 3 rings (SSSR count). The molecule has 1 aromatic heterocycles. The van der Waals surface area contributed by atoms with E-state index >= 15 is 0 Å². The molecule has 23 heavy (non-hydrogen) atoms. The highest BCUT2D eigenvalue weighted by molar-refractivity contribution is 5.96. The number of anilines is 1. The summed E-state index contributed by atoms with van der Waals surface area (Å²) in [5.41, 5.74) is 4.02. The smallest absolute Gasteiger partial charge is 0.295 e. The second-order valence-electron chi connectivity index (χ2n) is 4.84. The van der Waals surface area contributed by atoms with E-state index < -0.39 is 5.91 Å². The zero-order valence-corrected chi connectivity index (χ0v) is 12.4. The van der Waals surface area contributed by atoms with Gasteiger partial charge in [-0.25, -0.2) is 5.48 Å². The lowest BCUT2D eigenvalue weighted by Crippen LogP contribution is -2.18. The normalized spacial score (nSPS) is 10.5. The van der Waals surface area contributed by atoms with Crippen LogP contribution in [0.5, 0.6) is 5.75 Å². The molecule has 0 saturated carbocycles. The van der Waals surface area contributed by atoms with Gasteiger partial charge in [0.2, 0.25) is 0 Å². The van der Waals surface area contributed by atoms with Crippen molar-refractivity contribution in [1.82, 2.24) is 10.5 Å². The summed E-state index contributed by atoms with van der Waals surface area (Å²) in [6, 6.07) is 12.7. The number of methoxy groups -OCH3 is 1. The van der Waals surface area contributed by atoms with Gasteiger partial charge in [-0.1, -0.05) is 12.1 Å². The van der Waals surface area contributed by atoms with Crippen molar-refractivity contribution < 1.29 is 19.2 Å². The monoisotopic (exact) mass is 313 g/mol. The van der Waals surface area contributed by atoms with E-state index in [0.717, 1.165) is 11.3 Å². The first kappa shape index (κ1) is 14.9. The number of carbonyl (C=O) groups excluding carboxylic acids is 1. The summed E-state index contributed by atoms with van der Waals surface area (Å²) in [6.07, 6.45) is 0. The molecule has 0 saturated heterocycles. The lowest BCUT2D eigenvalue weighted by Gasteiger charge is -2.03. The number of amides is 1. The van der Waals surface area contributed by atoms with Gasteiger partial charge in [0.15, 0.2) is 5.58 Å². The van der Waals surface area contributed by atoms with Crippen molar-refractivity contribution in [2.45, 2.75) is 6.54 Å². The quantitative estimate of drug-likeness (QED) is 0.495. The summed E-state index contributed by atoms with van der Waals surface area (Å²) in [6.45, 7) is 0.542. The van der Waals surface area contributed by atoms with Crippen LogP contribution in [0.1, 0.15) is 15.9 Å². The largest absolute Gasteiger partial charge is 0.497 e. The number of nitrogens with zero attached hydrogens (tertiary/aromatic N) is 1. The summed E-state index contributed by atoms with van der Waals surface area (Å²) >= 11 is 0. The molecule has 0 aliphatic carbocycles. The van der Waals surface area contributed by atoms with E-state index in [-0.39, 0.29) is 0 Å². The number of ether oxygens (including phenoxy) is 1. The maximum Gasteiger partial charge on any atom is 0.295 e. The van der Waals surface area contributed by atoms with Gasteiger partial charge in [0.05, 0.1) is 7.11 Å². The summed E-state index contributed by atoms with van der Waals surface area (Å²) in [4.78, 5) is 15.7. The Labute approximate surface area is 131 Å². The van der Waals surface area contributed by atoms with Crippen LogP contribution in [-0.2, 0) is 6.54 Å². The molecule has 0 aliphatic heterocycles. The van der Waals surface area contributed by atoms with Crippen molar-refractivity contribution >= 4 is 23.0 Å². The first-order chi connectivity index (χ1) is 11.2. The van der Waals surface area contributed by atoms with Gasteiger partial charge in [0, 0.05) is 12.1 Å². The molecule has 7 nitrogen and oxygen atoms in total. The van der Waals surface area contributed by atoms with Crippen molar-refractivity contribution in [3.05, 3.63) is 53.6 Å². The molecule has 1 heterocycles. The van der Waals surface area contributed by atoms with E-state index in [9.17, 15) is 4.79 Å². The summed E-state index contributed by atoms with van der Waals surface area (Å²) in [5.74, 6) is 0.202. The lowest BCUT2D eigenvalue weighted by molar-refractivity contribution is 0.0706. The van der Waals surface area contributed by atoms with Gasteiger partial charge in [-0.15, -0.1) is 0 Å². The fourth-order valence-electron chi connectivity index (χ4n) is 2.13. The van der Waals surface area contributed by atoms with Crippen molar-refractivity contribution in [1.29, 1.82) is 0 Å². The van der Waals surface area contributed by atoms with Gasteiger partial charge in [-0.3, -0.25) is 10.0 Å². The third-order valence-corrected chi connectivity index (χ3v) is 3.35. The number of hydrogen-bond donors (Lipinski definition) is 3. The van der Waals surface area contributed by atoms with E-state index in [4.69, 9.17) is 14.4 Å². The second-order valence-corrected chi connectivity index (χ2v) is 4.84. The van der Waals surface area contributed by atoms with Crippen LogP contribution in [0.4, 0.5) is 6.01 Å². The fourth-order valence-corrected chi connectivity index (χ4v) is 2.13. The number of nitrogens with one attached hydrogen (secondary N) is 2. The van der Waals surface area contributed by atoms with Gasteiger partial charge in [-0.2, -0.15) is 4.98 Å². The molecule has 0 radical (unpaired) electrons. The molecule has 3 aromatic rings. The Hall–Kier alpha value is -3.06. The average molecular weight is 313 g/mol. The highest BCUT2D eigenvalue weighted by Gasteiger charge is 2.10. The number of oxazole rings is 1. The molecule has 0 bridgehead atoms. The van der Waals surface area contributed by atoms with Gasteiger partial charge >= 0.3 is 0 Å². The number of rotatable bonds is 5. The van der Waals surface area contributed by atoms with Gasteiger partial charge in [0.1, 0.15) is 11.3 Å². The van der Waals surface area contributed by atoms with E-state index in [1.54, 1.807) is 30.8 Å². The van der Waals surface area contributed by atoms with Crippen LogP contribution in [0.3, 0.4) is 0 Å². The van der Waals surface area contributed by atoms with Crippen molar-refractivity contribution in [2.24, 2.45) is 0 Å². The Bertz CT molecular complexity index is 827. The maximum atomic E-state index is 11.4. The average Bonchev–Trinajstić information content (AvgIpc) is 3.01. The van der Waals surface area contributed by atoms with Crippen LogP contribution in [-0.4, -0.2) is 23.2 Å². The third-order valence-electron chi connectivity index (χ3n) is 3.35. The predicted octanol–water partition coefficient (Wildman–Crippen LogP) is 2.57. The first-order valence-electron chi connectivity index (χ1n) is 6.91. The van der Waals surface area contributed by atoms with Crippen molar-refractivity contribution in [3.8, 4) is 5.75 Å². The lowest BCUT2D eigenvalue weighted by atomic mass is 10.2. The fraction of sp³-hybridized carbons (Fsp3) is 0.125. The van der Waals surface area contributed by atoms with E-state index in [1.165, 1.54) is 0 Å². The number of hydrogen-bond acceptors (Lipinski definition) is 6. The zero-order valence-electron chi connectivity index (χ0n) is 12.4. The molecule has 0 spiro atoms. The molecule has 3 N–H and O–H groups in total. The molecule has 0 fully saturated rings. The molecule has 7 heteroatoms. The standard InChI is InChI=1S/C16H15N3O4/c1-22-12-5-2-10(3-6-12)9-17-16-18-13-8-11(15(20)19-21)4-7-14(13)23-16/h2-8,21H,9H2,1H3,(H,17,18)(H,19,20). The Morgan fingerprint density at radius 1 is 1.26 bits per heavy atom. The minimum absolute atomic E-state index is 0.301. The molecule has 0 unspecified atom stereocenters. The van der Waals surface area contributed by atoms with E-state index in [2.05, 4.69) is 10.3 Å². The number of benzene rings is 2. The number of hydroxylamine groups is 1. The van der Waals surface area contributed by atoms with Crippen molar-refractivity contribution in [2.75, 3.05) is 12.4 Å². The number of aromatic nitrogens is 1. The molecule has 1 amide bonds. The second kappa shape index (κ2) is 6.37. The zero-order chi connectivity index (χ0) is 16.2. The predicted molar refractivity (Wildman–Crippen MR) is 83.6 cm³/mol. The highest BCUT2D eigenvalue weighted by Crippen LogP contribution is 2.21. The van der Waals surface area contributed by atoms with Crippen LogP contribution < -0.4 is 15.5 Å². The summed E-state index contributed by atoms with van der Waals surface area (Å²) in [5, 5.41) is 11.7.